The summed E-state index contributed by atoms with van der Waals surface area (Å²) in [7, 11) is 0. The normalized spacial score (nSPS) is 19.7. The Morgan fingerprint density at radius 3 is 2.04 bits per heavy atom. The molecular weight excluding hydrogens is 340 g/mol. The Balaban J connectivity index is 1.85. The molecule has 144 valence electrons. The fraction of sp³-hybridized carbons (Fsp3) is 0.391. The summed E-state index contributed by atoms with van der Waals surface area (Å²) < 4.78 is 10.9. The van der Waals surface area contributed by atoms with Crippen molar-refractivity contribution in [1.82, 2.24) is 0 Å². The van der Waals surface area contributed by atoms with Gasteiger partial charge in [-0.05, 0) is 70.7 Å². The maximum Gasteiger partial charge on any atom is 0.314 e. The smallest absolute Gasteiger partial charge is 0.314 e. The number of benzene rings is 1. The van der Waals surface area contributed by atoms with Crippen LogP contribution in [0.5, 0.6) is 5.75 Å². The Bertz CT molecular complexity index is 728. The van der Waals surface area contributed by atoms with E-state index in [2.05, 4.69) is 6.58 Å². The van der Waals surface area contributed by atoms with E-state index < -0.39 is 0 Å². The Labute approximate surface area is 161 Å². The molecule has 0 spiro atoms. The number of esters is 2. The van der Waals surface area contributed by atoms with Crippen molar-refractivity contribution >= 4 is 11.9 Å². The fourth-order valence-corrected chi connectivity index (χ4v) is 2.96. The molecule has 1 aliphatic rings. The molecule has 0 atom stereocenters. The highest BCUT2D eigenvalue weighted by molar-refractivity contribution is 5.77. The number of aryl methyl sites for hydroxylation is 1. The molecule has 0 bridgehead atoms. The van der Waals surface area contributed by atoms with Crippen LogP contribution < -0.4 is 4.74 Å². The summed E-state index contributed by atoms with van der Waals surface area (Å²) in [5.41, 5.74) is 2.23. The van der Waals surface area contributed by atoms with Crippen LogP contribution in [0.3, 0.4) is 0 Å². The highest BCUT2D eigenvalue weighted by Crippen LogP contribution is 2.31. The number of carbonyl (C=O) groups is 2. The summed E-state index contributed by atoms with van der Waals surface area (Å²) in [6.45, 7) is 9.60. The lowest BCUT2D eigenvalue weighted by molar-refractivity contribution is -0.148. The zero-order valence-corrected chi connectivity index (χ0v) is 16.4. The molecule has 27 heavy (non-hydrogen) atoms. The molecule has 0 aliphatic heterocycles. The first-order valence-corrected chi connectivity index (χ1v) is 9.36. The largest absolute Gasteiger partial charge is 0.426 e. The third kappa shape index (κ3) is 6.55. The van der Waals surface area contributed by atoms with Crippen LogP contribution in [-0.4, -0.2) is 11.9 Å². The second kappa shape index (κ2) is 9.91. The SMILES string of the molecule is C=C/C(=C\C=C(C)C)OC(=O)C1CCC(C(=O)Oc2ccc(C)cc2)CC1. The minimum absolute atomic E-state index is 0.171. The quantitative estimate of drug-likeness (QED) is 0.296. The lowest BCUT2D eigenvalue weighted by atomic mass is 9.82. The summed E-state index contributed by atoms with van der Waals surface area (Å²) in [4.78, 5) is 24.7. The van der Waals surface area contributed by atoms with E-state index in [1.807, 2.05) is 39.0 Å². The van der Waals surface area contributed by atoms with Crippen LogP contribution in [0.25, 0.3) is 0 Å². The van der Waals surface area contributed by atoms with Gasteiger partial charge in [0.25, 0.3) is 0 Å². The Hall–Kier alpha value is -2.62. The molecule has 0 N–H and O–H groups in total. The van der Waals surface area contributed by atoms with Crippen molar-refractivity contribution in [2.24, 2.45) is 11.8 Å². The van der Waals surface area contributed by atoms with Crippen LogP contribution in [0.15, 0.2) is 60.4 Å². The van der Waals surface area contributed by atoms with E-state index in [-0.39, 0.29) is 23.8 Å². The van der Waals surface area contributed by atoms with Crippen LogP contribution >= 0.6 is 0 Å². The van der Waals surface area contributed by atoms with Crippen LogP contribution in [0.4, 0.5) is 0 Å². The Kier molecular flexibility index (Phi) is 7.59. The van der Waals surface area contributed by atoms with Crippen molar-refractivity contribution in [2.75, 3.05) is 0 Å². The second-order valence-corrected chi connectivity index (χ2v) is 7.22. The molecule has 0 unspecified atom stereocenters. The lowest BCUT2D eigenvalue weighted by Gasteiger charge is -2.25. The molecule has 4 nitrogen and oxygen atoms in total. The first kappa shape index (κ1) is 20.7. The van der Waals surface area contributed by atoms with Crippen LogP contribution in [0.2, 0.25) is 0 Å². The zero-order valence-electron chi connectivity index (χ0n) is 16.4. The van der Waals surface area contributed by atoms with Gasteiger partial charge in [-0.25, -0.2) is 0 Å². The van der Waals surface area contributed by atoms with Crippen molar-refractivity contribution in [3.63, 3.8) is 0 Å². The van der Waals surface area contributed by atoms with Gasteiger partial charge in [-0.15, -0.1) is 0 Å². The number of allylic oxidation sites excluding steroid dienone is 4. The van der Waals surface area contributed by atoms with Gasteiger partial charge in [-0.2, -0.15) is 0 Å². The molecule has 0 amide bonds. The summed E-state index contributed by atoms with van der Waals surface area (Å²) in [6, 6.07) is 7.42. The number of hydrogen-bond acceptors (Lipinski definition) is 4. The van der Waals surface area contributed by atoms with Gasteiger partial charge in [0, 0.05) is 0 Å². The van der Waals surface area contributed by atoms with Crippen molar-refractivity contribution in [2.45, 2.75) is 46.5 Å². The number of hydrogen-bond donors (Lipinski definition) is 0. The van der Waals surface area contributed by atoms with Crippen molar-refractivity contribution in [1.29, 1.82) is 0 Å². The molecule has 1 aliphatic carbocycles. The minimum atomic E-state index is -0.256. The molecule has 1 saturated carbocycles. The first-order chi connectivity index (χ1) is 12.9. The van der Waals surface area contributed by atoms with Crippen molar-refractivity contribution < 1.29 is 19.1 Å². The summed E-state index contributed by atoms with van der Waals surface area (Å²) in [5, 5.41) is 0. The van der Waals surface area contributed by atoms with Crippen LogP contribution in [-0.2, 0) is 14.3 Å². The average molecular weight is 368 g/mol. The number of rotatable bonds is 6. The molecule has 4 heteroatoms. The summed E-state index contributed by atoms with van der Waals surface area (Å²) >= 11 is 0. The molecule has 1 fully saturated rings. The molecule has 0 aromatic heterocycles. The Morgan fingerprint density at radius 1 is 0.963 bits per heavy atom. The highest BCUT2D eigenvalue weighted by Gasteiger charge is 2.32. The highest BCUT2D eigenvalue weighted by atomic mass is 16.5. The fourth-order valence-electron chi connectivity index (χ4n) is 2.96. The van der Waals surface area contributed by atoms with Gasteiger partial charge in [0.1, 0.15) is 11.5 Å². The molecule has 0 saturated heterocycles. The second-order valence-electron chi connectivity index (χ2n) is 7.22. The van der Waals surface area contributed by atoms with E-state index in [0.29, 0.717) is 37.2 Å². The third-order valence-corrected chi connectivity index (χ3v) is 4.63. The van der Waals surface area contributed by atoms with Gasteiger partial charge in [-0.3, -0.25) is 9.59 Å². The monoisotopic (exact) mass is 368 g/mol. The number of ether oxygens (including phenoxy) is 2. The first-order valence-electron chi connectivity index (χ1n) is 9.36. The van der Waals surface area contributed by atoms with Crippen molar-refractivity contribution in [3.8, 4) is 5.75 Å². The van der Waals surface area contributed by atoms with Gasteiger partial charge in [0.05, 0.1) is 11.8 Å². The molecule has 2 rings (SSSR count). The van der Waals surface area contributed by atoms with E-state index in [9.17, 15) is 9.59 Å². The van der Waals surface area contributed by atoms with Gasteiger partial charge in [-0.1, -0.05) is 35.9 Å². The minimum Gasteiger partial charge on any atom is -0.426 e. The van der Waals surface area contributed by atoms with E-state index in [1.54, 1.807) is 18.2 Å². The lowest BCUT2D eigenvalue weighted by Crippen LogP contribution is -2.29. The third-order valence-electron chi connectivity index (χ3n) is 4.63. The van der Waals surface area contributed by atoms with Gasteiger partial charge < -0.3 is 9.47 Å². The van der Waals surface area contributed by atoms with E-state index in [1.165, 1.54) is 6.08 Å². The van der Waals surface area contributed by atoms with Gasteiger partial charge >= 0.3 is 11.9 Å². The van der Waals surface area contributed by atoms with E-state index in [0.717, 1.165) is 11.1 Å². The maximum absolute atomic E-state index is 12.4. The maximum atomic E-state index is 12.4. The summed E-state index contributed by atoms with van der Waals surface area (Å²) in [6.07, 6.45) is 7.66. The van der Waals surface area contributed by atoms with Gasteiger partial charge in [0.2, 0.25) is 0 Å². The van der Waals surface area contributed by atoms with Crippen LogP contribution in [0, 0.1) is 18.8 Å². The van der Waals surface area contributed by atoms with E-state index in [4.69, 9.17) is 9.47 Å². The number of carbonyl (C=O) groups excluding carboxylic acids is 2. The topological polar surface area (TPSA) is 52.6 Å². The zero-order chi connectivity index (χ0) is 19.8. The molecule has 1 aromatic carbocycles. The van der Waals surface area contributed by atoms with Gasteiger partial charge in [0.15, 0.2) is 0 Å². The Morgan fingerprint density at radius 2 is 1.52 bits per heavy atom. The molecular formula is C23H28O4. The van der Waals surface area contributed by atoms with Crippen LogP contribution in [0.1, 0.15) is 45.1 Å². The average Bonchev–Trinajstić information content (AvgIpc) is 2.66. The molecule has 0 heterocycles. The standard InChI is InChI=1S/C23H28O4/c1-5-20(13-6-16(2)3)26-22(24)18-9-11-19(12-10-18)23(25)27-21-14-7-17(4)8-15-21/h5-8,13-15,18-19H,1,9-12H2,2-4H3/b20-13+. The molecule has 1 aromatic rings. The van der Waals surface area contributed by atoms with E-state index >= 15 is 0 Å². The predicted molar refractivity (Wildman–Crippen MR) is 106 cm³/mol. The summed E-state index contributed by atoms with van der Waals surface area (Å²) in [5.74, 6) is 0.169. The predicted octanol–water partition coefficient (Wildman–Crippen LogP) is 5.29. The molecule has 0 radical (unpaired) electrons. The van der Waals surface area contributed by atoms with Crippen molar-refractivity contribution in [3.05, 3.63) is 66.0 Å².